The van der Waals surface area contributed by atoms with E-state index in [0.29, 0.717) is 0 Å². The molecule has 0 fully saturated rings. The maximum absolute atomic E-state index is 8.98. The normalized spacial score (nSPS) is 9.90. The second-order valence-electron chi connectivity index (χ2n) is 3.10. The summed E-state index contributed by atoms with van der Waals surface area (Å²) in [6, 6.07) is 0. The Morgan fingerprint density at radius 3 is 1.40 bits per heavy atom. The molecule has 0 saturated carbocycles. The van der Waals surface area contributed by atoms with Crippen LogP contribution in [0.15, 0.2) is 0 Å². The average molecular weight is 151 g/mol. The van der Waals surface area contributed by atoms with Gasteiger partial charge in [-0.25, -0.2) is 0 Å². The predicted molar refractivity (Wildman–Crippen MR) is 35.6 cm³/mol. The van der Waals surface area contributed by atoms with Crippen LogP contribution in [0.2, 0.25) is 0 Å². The second kappa shape index (κ2) is 5.63. The summed E-state index contributed by atoms with van der Waals surface area (Å²) in [5.41, 5.74) is 0. The number of quaternary nitrogens is 1. The van der Waals surface area contributed by atoms with E-state index in [-0.39, 0.29) is 0 Å². The van der Waals surface area contributed by atoms with Crippen LogP contribution in [-0.2, 0) is 4.81 Å². The number of hydrogen-bond acceptors (Lipinski definition) is 4. The largest absolute Gasteiger partial charge is 0.830 e. The van der Waals surface area contributed by atoms with Gasteiger partial charge in [-0.05, 0) is 0 Å². The SMILES string of the molecule is C[N+](C)(C)C.[O-]B(O)OO. The lowest BCUT2D eigenvalue weighted by Crippen LogP contribution is -2.32. The fourth-order valence-corrected chi connectivity index (χ4v) is 0. The molecule has 5 nitrogen and oxygen atoms in total. The molecule has 0 amide bonds. The second-order valence-corrected chi connectivity index (χ2v) is 3.10. The highest BCUT2D eigenvalue weighted by atomic mass is 17.1. The summed E-state index contributed by atoms with van der Waals surface area (Å²) in [5, 5.41) is 23.4. The van der Waals surface area contributed by atoms with Gasteiger partial charge in [0, 0.05) is 0 Å². The first kappa shape index (κ1) is 12.5. The standard InChI is InChI=1S/C4H12N.BH2O4/c1-5(2,3)4;2-1(3)5-4/h1-4H3;2,4H/q+1;-1. The summed E-state index contributed by atoms with van der Waals surface area (Å²) < 4.78 is 1.00. The van der Waals surface area contributed by atoms with Gasteiger partial charge < -0.3 is 14.5 Å². The van der Waals surface area contributed by atoms with Gasteiger partial charge in [0.05, 0.1) is 28.2 Å². The van der Waals surface area contributed by atoms with Crippen molar-refractivity contribution in [2.24, 2.45) is 0 Å². The highest BCUT2D eigenvalue weighted by molar-refractivity contribution is 6.29. The van der Waals surface area contributed by atoms with Crippen LogP contribution in [0.5, 0.6) is 0 Å². The average Bonchev–Trinajstić information content (AvgIpc) is 1.61. The molecule has 0 rings (SSSR count). The molecule has 0 radical (unpaired) electrons. The van der Waals surface area contributed by atoms with Gasteiger partial charge in [0.15, 0.2) is 0 Å². The zero-order valence-electron chi connectivity index (χ0n) is 6.74. The Bertz CT molecular complexity index is 66.1. The number of rotatable bonds is 1. The van der Waals surface area contributed by atoms with E-state index in [2.05, 4.69) is 33.0 Å². The molecule has 0 spiro atoms. The summed E-state index contributed by atoms with van der Waals surface area (Å²) in [6.07, 6.45) is 0. The molecule has 0 aliphatic heterocycles. The van der Waals surface area contributed by atoms with E-state index in [1.807, 2.05) is 0 Å². The molecule has 62 valence electrons. The van der Waals surface area contributed by atoms with Crippen LogP contribution in [0.4, 0.5) is 0 Å². The Hall–Kier alpha value is -0.135. The van der Waals surface area contributed by atoms with E-state index in [0.717, 1.165) is 4.48 Å². The van der Waals surface area contributed by atoms with E-state index < -0.39 is 7.32 Å². The van der Waals surface area contributed by atoms with Crippen LogP contribution in [0, 0.1) is 0 Å². The Labute approximate surface area is 61.2 Å². The van der Waals surface area contributed by atoms with Crippen LogP contribution in [0.1, 0.15) is 0 Å². The van der Waals surface area contributed by atoms with Gasteiger partial charge in [-0.15, -0.1) is 0 Å². The zero-order valence-corrected chi connectivity index (χ0v) is 6.74. The first-order valence-electron chi connectivity index (χ1n) is 2.70. The van der Waals surface area contributed by atoms with Crippen molar-refractivity contribution in [1.82, 2.24) is 0 Å². The van der Waals surface area contributed by atoms with Gasteiger partial charge in [-0.1, -0.05) is 0 Å². The highest BCUT2D eigenvalue weighted by Crippen LogP contribution is 1.73. The van der Waals surface area contributed by atoms with Gasteiger partial charge in [-0.3, -0.25) is 10.1 Å². The first-order chi connectivity index (χ1) is 4.27. The lowest BCUT2D eigenvalue weighted by molar-refractivity contribution is -0.849. The third kappa shape index (κ3) is 107. The summed E-state index contributed by atoms with van der Waals surface area (Å²) in [5.74, 6) is 0. The van der Waals surface area contributed by atoms with Crippen molar-refractivity contribution in [1.29, 1.82) is 0 Å². The number of nitrogens with zero attached hydrogens (tertiary/aromatic N) is 1. The Morgan fingerprint density at radius 1 is 1.30 bits per heavy atom. The molecule has 0 aliphatic carbocycles. The minimum absolute atomic E-state index is 1.00. The third-order valence-electron chi connectivity index (χ3n) is 0.0902. The third-order valence-corrected chi connectivity index (χ3v) is 0.0902. The van der Waals surface area contributed by atoms with E-state index in [4.69, 9.17) is 15.3 Å². The summed E-state index contributed by atoms with van der Waals surface area (Å²) in [6.45, 7) is 0. The quantitative estimate of drug-likeness (QED) is 0.199. The van der Waals surface area contributed by atoms with Crippen molar-refractivity contribution < 1.29 is 24.6 Å². The molecular formula is C4H14BNO4. The topological polar surface area (TPSA) is 72.8 Å². The fourth-order valence-electron chi connectivity index (χ4n) is 0. The van der Waals surface area contributed by atoms with Gasteiger partial charge in [0.25, 0.3) is 0 Å². The minimum atomic E-state index is -2.31. The summed E-state index contributed by atoms with van der Waals surface area (Å²) in [7, 11) is 6.19. The van der Waals surface area contributed by atoms with Crippen LogP contribution in [0.3, 0.4) is 0 Å². The molecule has 0 atom stereocenters. The van der Waals surface area contributed by atoms with Crippen LogP contribution in [0.25, 0.3) is 0 Å². The molecule has 0 aliphatic rings. The monoisotopic (exact) mass is 151 g/mol. The van der Waals surface area contributed by atoms with Gasteiger partial charge in [0.1, 0.15) is 0 Å². The van der Waals surface area contributed by atoms with Crippen molar-refractivity contribution >= 4 is 7.32 Å². The highest BCUT2D eigenvalue weighted by Gasteiger charge is 1.88. The van der Waals surface area contributed by atoms with Crippen molar-refractivity contribution in [3.63, 3.8) is 0 Å². The van der Waals surface area contributed by atoms with Crippen LogP contribution < -0.4 is 5.02 Å². The first-order valence-corrected chi connectivity index (χ1v) is 2.70. The molecule has 6 heteroatoms. The van der Waals surface area contributed by atoms with Gasteiger partial charge >= 0.3 is 7.32 Å². The molecule has 0 saturated heterocycles. The molecule has 10 heavy (non-hydrogen) atoms. The molecule has 0 aromatic rings. The van der Waals surface area contributed by atoms with E-state index in [9.17, 15) is 0 Å². The minimum Gasteiger partial charge on any atom is -0.830 e. The number of hydrogen-bond donors (Lipinski definition) is 2. The lowest BCUT2D eigenvalue weighted by Gasteiger charge is -2.14. The van der Waals surface area contributed by atoms with Crippen LogP contribution in [-0.4, -0.2) is 50.3 Å². The van der Waals surface area contributed by atoms with E-state index >= 15 is 0 Å². The maximum atomic E-state index is 8.98. The molecule has 0 aromatic carbocycles. The molecule has 2 N–H and O–H groups in total. The Kier molecular flexibility index (Phi) is 7.06. The van der Waals surface area contributed by atoms with Crippen molar-refractivity contribution in [3.05, 3.63) is 0 Å². The Balaban J connectivity index is 0. The molecule has 0 bridgehead atoms. The summed E-state index contributed by atoms with van der Waals surface area (Å²) >= 11 is 0. The molecular weight excluding hydrogens is 137 g/mol. The Morgan fingerprint density at radius 2 is 1.40 bits per heavy atom. The van der Waals surface area contributed by atoms with Crippen molar-refractivity contribution in [2.45, 2.75) is 0 Å². The molecule has 0 aromatic heterocycles. The van der Waals surface area contributed by atoms with Crippen molar-refractivity contribution in [3.8, 4) is 0 Å². The van der Waals surface area contributed by atoms with Crippen LogP contribution >= 0.6 is 0 Å². The molecule has 0 heterocycles. The maximum Gasteiger partial charge on any atom is 0.386 e. The fraction of sp³-hybridized carbons (Fsp3) is 1.00. The van der Waals surface area contributed by atoms with Gasteiger partial charge in [0.2, 0.25) is 0 Å². The lowest BCUT2D eigenvalue weighted by atomic mass is 10.3. The van der Waals surface area contributed by atoms with Crippen molar-refractivity contribution in [2.75, 3.05) is 28.2 Å². The summed E-state index contributed by atoms with van der Waals surface area (Å²) in [4.78, 5) is 2.75. The molecule has 0 unspecified atom stereocenters. The predicted octanol–water partition coefficient (Wildman–Crippen LogP) is -1.86. The smallest absolute Gasteiger partial charge is 0.386 e. The zero-order chi connectivity index (χ0) is 8.78. The van der Waals surface area contributed by atoms with Gasteiger partial charge in [-0.2, -0.15) is 0 Å². The van der Waals surface area contributed by atoms with E-state index in [1.165, 1.54) is 0 Å². The van der Waals surface area contributed by atoms with E-state index in [1.54, 1.807) is 0 Å².